The number of benzene rings is 1. The van der Waals surface area contributed by atoms with Crippen LogP contribution < -0.4 is 0 Å². The Kier molecular flexibility index (Phi) is 3.18. The molecule has 0 atom stereocenters. The summed E-state index contributed by atoms with van der Waals surface area (Å²) in [5.74, 6) is 0. The molecule has 0 amide bonds. The summed E-state index contributed by atoms with van der Waals surface area (Å²) in [6, 6.07) is 7.56. The van der Waals surface area contributed by atoms with Crippen LogP contribution in [-0.2, 0) is 0 Å². The predicted molar refractivity (Wildman–Crippen MR) is 60.1 cm³/mol. The van der Waals surface area contributed by atoms with Gasteiger partial charge in [0.15, 0.2) is 0 Å². The van der Waals surface area contributed by atoms with Crippen molar-refractivity contribution in [1.29, 1.82) is 0 Å². The van der Waals surface area contributed by atoms with E-state index in [4.69, 9.17) is 11.6 Å². The Morgan fingerprint density at radius 2 is 2.20 bits per heavy atom. The molecule has 1 heterocycles. The van der Waals surface area contributed by atoms with Gasteiger partial charge in [0.1, 0.15) is 0 Å². The highest BCUT2D eigenvalue weighted by Gasteiger charge is 2.01. The summed E-state index contributed by atoms with van der Waals surface area (Å²) in [6.45, 7) is 1.89. The molecule has 0 fully saturated rings. The highest BCUT2D eigenvalue weighted by atomic mass is 35.5. The molecule has 0 aliphatic heterocycles. The van der Waals surface area contributed by atoms with Crippen LogP contribution in [-0.4, -0.2) is 15.2 Å². The zero-order valence-electron chi connectivity index (χ0n) is 8.01. The second-order valence-electron chi connectivity index (χ2n) is 2.94. The van der Waals surface area contributed by atoms with Crippen LogP contribution in [0.3, 0.4) is 0 Å². The second-order valence-corrected chi connectivity index (χ2v) is 4.42. The summed E-state index contributed by atoms with van der Waals surface area (Å²) in [5, 5.41) is 9.11. The maximum atomic E-state index is 5.87. The Bertz CT molecular complexity index is 432. The molecule has 0 aliphatic carbocycles. The Hall–Kier alpha value is -1.13. The van der Waals surface area contributed by atoms with Crippen LogP contribution in [0.15, 0.2) is 40.5 Å². The van der Waals surface area contributed by atoms with Crippen LogP contribution in [0.5, 0.6) is 0 Å². The molecule has 2 rings (SSSR count). The van der Waals surface area contributed by atoms with Crippen molar-refractivity contribution in [1.82, 2.24) is 15.2 Å². The van der Waals surface area contributed by atoms with Crippen molar-refractivity contribution in [3.63, 3.8) is 0 Å². The molecule has 0 N–H and O–H groups in total. The maximum Gasteiger partial charge on any atom is 0.214 e. The van der Waals surface area contributed by atoms with Crippen molar-refractivity contribution in [2.75, 3.05) is 0 Å². The quantitative estimate of drug-likeness (QED) is 0.805. The molecule has 0 unspecified atom stereocenters. The predicted octanol–water partition coefficient (Wildman–Crippen LogP) is 2.98. The minimum atomic E-state index is 0.636. The van der Waals surface area contributed by atoms with Crippen molar-refractivity contribution in [3.05, 3.63) is 41.2 Å². The van der Waals surface area contributed by atoms with Gasteiger partial charge in [-0.15, -0.1) is 5.10 Å². The number of aromatic nitrogens is 3. The summed E-state index contributed by atoms with van der Waals surface area (Å²) >= 11 is 7.32. The topological polar surface area (TPSA) is 38.7 Å². The van der Waals surface area contributed by atoms with Gasteiger partial charge >= 0.3 is 0 Å². The van der Waals surface area contributed by atoms with Gasteiger partial charge in [0.05, 0.1) is 11.9 Å². The van der Waals surface area contributed by atoms with E-state index in [1.807, 2.05) is 31.2 Å². The van der Waals surface area contributed by atoms with Crippen molar-refractivity contribution in [2.24, 2.45) is 0 Å². The summed E-state index contributed by atoms with van der Waals surface area (Å²) in [7, 11) is 0. The maximum absolute atomic E-state index is 5.87. The third kappa shape index (κ3) is 2.91. The lowest BCUT2D eigenvalue weighted by atomic mass is 10.4. The fraction of sp³-hybridized carbons (Fsp3) is 0.100. The number of nitrogens with zero attached hydrogens (tertiary/aromatic N) is 3. The number of aryl methyl sites for hydroxylation is 1. The average molecular weight is 238 g/mol. The first-order valence-corrected chi connectivity index (χ1v) is 5.53. The molecule has 0 radical (unpaired) electrons. The van der Waals surface area contributed by atoms with E-state index < -0.39 is 0 Å². The highest BCUT2D eigenvalue weighted by molar-refractivity contribution is 7.99. The fourth-order valence-corrected chi connectivity index (χ4v) is 2.12. The minimum Gasteiger partial charge on any atom is -0.225 e. The van der Waals surface area contributed by atoms with E-state index >= 15 is 0 Å². The van der Waals surface area contributed by atoms with Crippen LogP contribution in [0.4, 0.5) is 0 Å². The summed E-state index contributed by atoms with van der Waals surface area (Å²) in [4.78, 5) is 5.25. The molecule has 15 heavy (non-hydrogen) atoms. The lowest BCUT2D eigenvalue weighted by Gasteiger charge is -1.99. The molecule has 1 aromatic carbocycles. The first-order valence-electron chi connectivity index (χ1n) is 4.34. The van der Waals surface area contributed by atoms with E-state index in [1.54, 1.807) is 6.20 Å². The molecule has 3 nitrogen and oxygen atoms in total. The number of hydrogen-bond acceptors (Lipinski definition) is 4. The van der Waals surface area contributed by atoms with E-state index in [0.29, 0.717) is 10.2 Å². The SMILES string of the molecule is Cc1cnnc(Sc2cccc(Cl)c2)n1. The normalized spacial score (nSPS) is 10.3. The lowest BCUT2D eigenvalue weighted by molar-refractivity contribution is 0.816. The molecule has 0 saturated carbocycles. The Morgan fingerprint density at radius 3 is 2.93 bits per heavy atom. The molecule has 5 heteroatoms. The van der Waals surface area contributed by atoms with Gasteiger partial charge in [-0.25, -0.2) is 4.98 Å². The number of halogens is 1. The van der Waals surface area contributed by atoms with Crippen LogP contribution in [0.1, 0.15) is 5.69 Å². The standard InChI is InChI=1S/C10H8ClN3S/c1-7-6-12-14-10(13-7)15-9-4-2-3-8(11)5-9/h2-6H,1H3. The van der Waals surface area contributed by atoms with Gasteiger partial charge in [-0.3, -0.25) is 0 Å². The third-order valence-corrected chi connectivity index (χ3v) is 2.75. The first-order chi connectivity index (χ1) is 7.24. The molecular formula is C10H8ClN3S. The van der Waals surface area contributed by atoms with Gasteiger partial charge in [-0.2, -0.15) is 5.10 Å². The van der Waals surface area contributed by atoms with Crippen LogP contribution in [0.25, 0.3) is 0 Å². The van der Waals surface area contributed by atoms with Gasteiger partial charge < -0.3 is 0 Å². The van der Waals surface area contributed by atoms with Gasteiger partial charge in [-0.05, 0) is 36.9 Å². The second kappa shape index (κ2) is 4.59. The summed E-state index contributed by atoms with van der Waals surface area (Å²) < 4.78 is 0. The molecular weight excluding hydrogens is 230 g/mol. The van der Waals surface area contributed by atoms with Gasteiger partial charge in [0.2, 0.25) is 5.16 Å². The third-order valence-electron chi connectivity index (χ3n) is 1.67. The van der Waals surface area contributed by atoms with E-state index in [9.17, 15) is 0 Å². The molecule has 0 bridgehead atoms. The summed E-state index contributed by atoms with van der Waals surface area (Å²) in [5.41, 5.74) is 0.856. The van der Waals surface area contributed by atoms with Crippen LogP contribution >= 0.6 is 23.4 Å². The molecule has 0 spiro atoms. The molecule has 1 aromatic heterocycles. The van der Waals surface area contributed by atoms with Crippen molar-refractivity contribution in [3.8, 4) is 0 Å². The molecule has 76 valence electrons. The van der Waals surface area contributed by atoms with E-state index in [0.717, 1.165) is 10.6 Å². The van der Waals surface area contributed by atoms with E-state index in [2.05, 4.69) is 15.2 Å². The molecule has 0 aliphatic rings. The monoisotopic (exact) mass is 237 g/mol. The highest BCUT2D eigenvalue weighted by Crippen LogP contribution is 2.26. The van der Waals surface area contributed by atoms with Crippen molar-refractivity contribution in [2.45, 2.75) is 17.0 Å². The largest absolute Gasteiger partial charge is 0.225 e. The Morgan fingerprint density at radius 1 is 1.33 bits per heavy atom. The fourth-order valence-electron chi connectivity index (χ4n) is 1.04. The van der Waals surface area contributed by atoms with Crippen molar-refractivity contribution < 1.29 is 0 Å². The molecule has 0 saturated heterocycles. The van der Waals surface area contributed by atoms with Gasteiger partial charge in [0.25, 0.3) is 0 Å². The number of hydrogen-bond donors (Lipinski definition) is 0. The van der Waals surface area contributed by atoms with Crippen LogP contribution in [0, 0.1) is 6.92 Å². The number of rotatable bonds is 2. The van der Waals surface area contributed by atoms with Crippen molar-refractivity contribution >= 4 is 23.4 Å². The lowest BCUT2D eigenvalue weighted by Crippen LogP contribution is -1.91. The van der Waals surface area contributed by atoms with Crippen LogP contribution in [0.2, 0.25) is 5.02 Å². The first kappa shape index (κ1) is 10.4. The Balaban J connectivity index is 2.22. The molecule has 2 aromatic rings. The smallest absolute Gasteiger partial charge is 0.214 e. The van der Waals surface area contributed by atoms with Gasteiger partial charge in [0, 0.05) is 9.92 Å². The van der Waals surface area contributed by atoms with Gasteiger partial charge in [-0.1, -0.05) is 17.7 Å². The zero-order chi connectivity index (χ0) is 10.7. The Labute approximate surface area is 96.9 Å². The minimum absolute atomic E-state index is 0.636. The van der Waals surface area contributed by atoms with E-state index in [1.165, 1.54) is 11.8 Å². The zero-order valence-corrected chi connectivity index (χ0v) is 9.59. The van der Waals surface area contributed by atoms with E-state index in [-0.39, 0.29) is 0 Å². The average Bonchev–Trinajstić information content (AvgIpc) is 2.17. The summed E-state index contributed by atoms with van der Waals surface area (Å²) in [6.07, 6.45) is 1.63.